The van der Waals surface area contributed by atoms with Gasteiger partial charge < -0.3 is 19.0 Å². The van der Waals surface area contributed by atoms with Crippen LogP contribution in [0.15, 0.2) is 34.5 Å². The predicted molar refractivity (Wildman–Crippen MR) is 117 cm³/mol. The fourth-order valence-corrected chi connectivity index (χ4v) is 8.17. The highest BCUT2D eigenvalue weighted by molar-refractivity contribution is 5.86. The first-order valence-electron chi connectivity index (χ1n) is 11.9. The van der Waals surface area contributed by atoms with Gasteiger partial charge in [-0.3, -0.25) is 4.79 Å². The third-order valence-electron chi connectivity index (χ3n) is 9.50. The van der Waals surface area contributed by atoms with Gasteiger partial charge in [-0.15, -0.1) is 0 Å². The molecule has 1 spiro atoms. The highest BCUT2D eigenvalue weighted by atomic mass is 16.6. The summed E-state index contributed by atoms with van der Waals surface area (Å²) in [5, 5.41) is 11.6. The van der Waals surface area contributed by atoms with Crippen LogP contribution in [0.4, 0.5) is 0 Å². The van der Waals surface area contributed by atoms with E-state index in [2.05, 4.69) is 19.9 Å². The molecule has 5 rings (SSSR count). The van der Waals surface area contributed by atoms with E-state index in [-0.39, 0.29) is 41.0 Å². The van der Waals surface area contributed by atoms with E-state index in [4.69, 9.17) is 13.9 Å². The number of furan rings is 1. The normalized spacial score (nSPS) is 42.4. The number of rotatable bonds is 4. The van der Waals surface area contributed by atoms with Gasteiger partial charge in [0, 0.05) is 0 Å². The number of aliphatic hydroxyl groups is 1. The Hall–Kier alpha value is -2.08. The zero-order valence-electron chi connectivity index (χ0n) is 19.3. The quantitative estimate of drug-likeness (QED) is 0.539. The number of hydrogen-bond donors (Lipinski definition) is 1. The van der Waals surface area contributed by atoms with Gasteiger partial charge in [-0.05, 0) is 86.7 Å². The Bertz CT molecular complexity index is 950. The number of carbonyl (C=O) groups excluding carboxylic acids is 2. The van der Waals surface area contributed by atoms with E-state index >= 15 is 0 Å². The van der Waals surface area contributed by atoms with Crippen molar-refractivity contribution in [2.75, 3.05) is 13.7 Å². The molecule has 6 atom stereocenters. The molecule has 1 heterocycles. The standard InChI is InChI=1S/C26H34O6/c1-23-10-5-11-24(2,22(28)30-3)19(23)9-12-25-14-17(7-8-20(23)25)26(29,15-25)16-32-21(27)18-6-4-13-31-18/h4,6,8,13,17,19,29H,5,7,9-12,14-16H2,1-3H3/t17-,19+,23-,24-,25+,26+/m1/s1. The molecule has 1 N–H and O–H groups in total. The maximum Gasteiger partial charge on any atom is 0.374 e. The Labute approximate surface area is 189 Å². The zero-order valence-corrected chi connectivity index (χ0v) is 19.3. The summed E-state index contributed by atoms with van der Waals surface area (Å²) < 4.78 is 15.9. The number of allylic oxidation sites excluding steroid dienone is 2. The minimum atomic E-state index is -1.04. The number of hydrogen-bond acceptors (Lipinski definition) is 6. The molecule has 4 aliphatic carbocycles. The molecule has 1 aromatic heterocycles. The number of methoxy groups -OCH3 is 1. The molecule has 3 saturated carbocycles. The first-order valence-corrected chi connectivity index (χ1v) is 11.9. The van der Waals surface area contributed by atoms with Crippen LogP contribution in [0.25, 0.3) is 0 Å². The van der Waals surface area contributed by atoms with Crippen molar-refractivity contribution in [2.45, 2.75) is 70.8 Å². The van der Waals surface area contributed by atoms with Gasteiger partial charge in [0.15, 0.2) is 0 Å². The highest BCUT2D eigenvalue weighted by Gasteiger charge is 2.66. The van der Waals surface area contributed by atoms with Gasteiger partial charge in [0.1, 0.15) is 12.2 Å². The van der Waals surface area contributed by atoms with Gasteiger partial charge in [0.25, 0.3) is 0 Å². The lowest BCUT2D eigenvalue weighted by atomic mass is 9.44. The summed E-state index contributed by atoms with van der Waals surface area (Å²) in [5.41, 5.74) is -0.214. The Morgan fingerprint density at radius 1 is 1.25 bits per heavy atom. The Morgan fingerprint density at radius 3 is 2.78 bits per heavy atom. The van der Waals surface area contributed by atoms with Crippen molar-refractivity contribution < 1.29 is 28.6 Å². The number of carbonyl (C=O) groups is 2. The monoisotopic (exact) mass is 442 g/mol. The molecule has 174 valence electrons. The molecular formula is C26H34O6. The zero-order chi connectivity index (χ0) is 22.8. The van der Waals surface area contributed by atoms with Crippen molar-refractivity contribution in [1.82, 2.24) is 0 Å². The third-order valence-corrected chi connectivity index (χ3v) is 9.50. The van der Waals surface area contributed by atoms with Crippen LogP contribution in [0.5, 0.6) is 0 Å². The minimum Gasteiger partial charge on any atom is -0.469 e. The van der Waals surface area contributed by atoms with Gasteiger partial charge in [0.05, 0.1) is 18.8 Å². The van der Waals surface area contributed by atoms with Gasteiger partial charge in [-0.2, -0.15) is 0 Å². The maximum absolute atomic E-state index is 12.8. The van der Waals surface area contributed by atoms with Crippen molar-refractivity contribution in [3.8, 4) is 0 Å². The fourth-order valence-electron chi connectivity index (χ4n) is 8.17. The van der Waals surface area contributed by atoms with Gasteiger partial charge in [-0.25, -0.2) is 4.79 Å². The highest BCUT2D eigenvalue weighted by Crippen LogP contribution is 2.71. The van der Waals surface area contributed by atoms with Crippen LogP contribution < -0.4 is 0 Å². The van der Waals surface area contributed by atoms with E-state index in [9.17, 15) is 14.7 Å². The van der Waals surface area contributed by atoms with Gasteiger partial charge in [-0.1, -0.05) is 25.0 Å². The van der Waals surface area contributed by atoms with Gasteiger partial charge >= 0.3 is 11.9 Å². The summed E-state index contributed by atoms with van der Waals surface area (Å²) in [6.07, 6.45) is 11.0. The molecule has 0 amide bonds. The summed E-state index contributed by atoms with van der Waals surface area (Å²) >= 11 is 0. The molecule has 6 nitrogen and oxygen atoms in total. The third kappa shape index (κ3) is 2.94. The summed E-state index contributed by atoms with van der Waals surface area (Å²) in [6.45, 7) is 4.41. The smallest absolute Gasteiger partial charge is 0.374 e. The first-order chi connectivity index (χ1) is 15.2. The molecule has 1 aromatic rings. The second-order valence-electron chi connectivity index (χ2n) is 11.1. The number of ether oxygens (including phenoxy) is 2. The second kappa shape index (κ2) is 7.21. The molecule has 0 radical (unpaired) electrons. The molecule has 4 aliphatic rings. The molecular weight excluding hydrogens is 408 g/mol. The van der Waals surface area contributed by atoms with E-state index in [1.807, 2.05) is 0 Å². The number of fused-ring (bicyclic) bond motifs is 3. The van der Waals surface area contributed by atoms with Crippen molar-refractivity contribution >= 4 is 11.9 Å². The van der Waals surface area contributed by atoms with E-state index in [0.717, 1.165) is 44.9 Å². The van der Waals surface area contributed by atoms with Crippen LogP contribution in [-0.4, -0.2) is 36.4 Å². The molecule has 0 saturated heterocycles. The predicted octanol–water partition coefficient (Wildman–Crippen LogP) is 4.67. The Kier molecular flexibility index (Phi) is 4.90. The summed E-state index contributed by atoms with van der Waals surface area (Å²) in [5.74, 6) is -0.149. The van der Waals surface area contributed by atoms with Crippen LogP contribution >= 0.6 is 0 Å². The van der Waals surface area contributed by atoms with Crippen LogP contribution in [0.1, 0.15) is 75.8 Å². The average Bonchev–Trinajstić information content (AvgIpc) is 3.37. The molecule has 0 aromatic carbocycles. The number of esters is 2. The van der Waals surface area contributed by atoms with Crippen molar-refractivity contribution in [1.29, 1.82) is 0 Å². The van der Waals surface area contributed by atoms with Crippen LogP contribution in [0, 0.1) is 28.1 Å². The first kappa shape index (κ1) is 21.7. The van der Waals surface area contributed by atoms with Crippen molar-refractivity contribution in [3.05, 3.63) is 35.8 Å². The Morgan fingerprint density at radius 2 is 2.06 bits per heavy atom. The average molecular weight is 443 g/mol. The summed E-state index contributed by atoms with van der Waals surface area (Å²) in [7, 11) is 1.50. The summed E-state index contributed by atoms with van der Waals surface area (Å²) in [4.78, 5) is 25.1. The molecule has 32 heavy (non-hydrogen) atoms. The van der Waals surface area contributed by atoms with Crippen LogP contribution in [-0.2, 0) is 14.3 Å². The van der Waals surface area contributed by atoms with Crippen LogP contribution in [0.3, 0.4) is 0 Å². The summed E-state index contributed by atoms with van der Waals surface area (Å²) in [6, 6.07) is 3.22. The maximum atomic E-state index is 12.8. The van der Waals surface area contributed by atoms with Crippen molar-refractivity contribution in [3.63, 3.8) is 0 Å². The molecule has 0 aliphatic heterocycles. The molecule has 2 bridgehead atoms. The van der Waals surface area contributed by atoms with Crippen LogP contribution in [0.2, 0.25) is 0 Å². The lowest BCUT2D eigenvalue weighted by Gasteiger charge is -2.60. The largest absolute Gasteiger partial charge is 0.469 e. The minimum absolute atomic E-state index is 0.0138. The molecule has 3 fully saturated rings. The SMILES string of the molecule is COC(=O)[C@]1(C)CCC[C@@]2(C)C3=CC[C@@H]4C[C@@]3(CC[C@H]12)C[C@]4(O)COC(=O)c1ccco1. The fraction of sp³-hybridized carbons (Fsp3) is 0.692. The lowest BCUT2D eigenvalue weighted by Crippen LogP contribution is -2.54. The molecule has 0 unspecified atom stereocenters. The van der Waals surface area contributed by atoms with E-state index in [0.29, 0.717) is 6.42 Å². The lowest BCUT2D eigenvalue weighted by molar-refractivity contribution is -0.165. The van der Waals surface area contributed by atoms with E-state index in [1.54, 1.807) is 12.1 Å². The van der Waals surface area contributed by atoms with E-state index < -0.39 is 17.0 Å². The molecule has 6 heteroatoms. The topological polar surface area (TPSA) is 86.0 Å². The van der Waals surface area contributed by atoms with Crippen molar-refractivity contribution in [2.24, 2.45) is 28.1 Å². The van der Waals surface area contributed by atoms with Gasteiger partial charge in [0.2, 0.25) is 5.76 Å². The second-order valence-corrected chi connectivity index (χ2v) is 11.1. The Balaban J connectivity index is 1.39. The van der Waals surface area contributed by atoms with E-state index in [1.165, 1.54) is 18.9 Å².